The molecule has 1 fully saturated rings. The normalized spacial score (nSPS) is 17.8. The summed E-state index contributed by atoms with van der Waals surface area (Å²) in [7, 11) is 2.11. The molecule has 0 radical (unpaired) electrons. The highest BCUT2D eigenvalue weighted by molar-refractivity contribution is 5.68. The van der Waals surface area contributed by atoms with Crippen LogP contribution in [0, 0.1) is 5.21 Å². The van der Waals surface area contributed by atoms with Gasteiger partial charge in [-0.15, -0.1) is 0 Å². The van der Waals surface area contributed by atoms with E-state index in [1.165, 1.54) is 24.8 Å². The number of fused-ring (bicyclic) bond motifs is 1. The minimum absolute atomic E-state index is 0.567. The van der Waals surface area contributed by atoms with Gasteiger partial charge >= 0.3 is 0 Å². The van der Waals surface area contributed by atoms with Crippen molar-refractivity contribution in [2.75, 3.05) is 30.5 Å². The Hall–Kier alpha value is -2.18. The highest BCUT2D eigenvalue weighted by Gasteiger charge is 2.25. The number of hydrogen-bond acceptors (Lipinski definition) is 6. The number of piperidine rings is 1. The SMILES string of the molecule is CN1Cc2nc(N3CCCCC3)nc(-c3ccc(N[O-])cc3)c2C1. The first-order valence-corrected chi connectivity index (χ1v) is 8.56. The molecule has 2 aliphatic heterocycles. The van der Waals surface area contributed by atoms with Crippen LogP contribution in [-0.4, -0.2) is 35.0 Å². The van der Waals surface area contributed by atoms with E-state index in [0.717, 1.165) is 49.1 Å². The minimum atomic E-state index is 0.567. The van der Waals surface area contributed by atoms with Crippen LogP contribution in [0.1, 0.15) is 30.5 Å². The molecule has 0 aliphatic carbocycles. The molecule has 3 heterocycles. The number of hydrogen-bond donors (Lipinski definition) is 1. The van der Waals surface area contributed by atoms with Gasteiger partial charge in [0.1, 0.15) is 0 Å². The van der Waals surface area contributed by atoms with Crippen molar-refractivity contribution in [3.63, 3.8) is 0 Å². The summed E-state index contributed by atoms with van der Waals surface area (Å²) < 4.78 is 0. The van der Waals surface area contributed by atoms with Crippen LogP contribution in [0.15, 0.2) is 24.3 Å². The molecule has 6 nitrogen and oxygen atoms in total. The Morgan fingerprint density at radius 3 is 2.46 bits per heavy atom. The van der Waals surface area contributed by atoms with Crippen LogP contribution in [-0.2, 0) is 13.1 Å². The molecule has 4 rings (SSSR count). The Morgan fingerprint density at radius 2 is 1.75 bits per heavy atom. The van der Waals surface area contributed by atoms with Crippen LogP contribution in [0.4, 0.5) is 11.6 Å². The van der Waals surface area contributed by atoms with Crippen molar-refractivity contribution in [3.05, 3.63) is 40.7 Å². The molecule has 0 spiro atoms. The molecule has 0 atom stereocenters. The largest absolute Gasteiger partial charge is 0.761 e. The zero-order valence-electron chi connectivity index (χ0n) is 14.0. The lowest BCUT2D eigenvalue weighted by Crippen LogP contribution is -2.31. The quantitative estimate of drug-likeness (QED) is 0.876. The Balaban J connectivity index is 1.77. The minimum Gasteiger partial charge on any atom is -0.761 e. The van der Waals surface area contributed by atoms with Gasteiger partial charge in [0.2, 0.25) is 5.95 Å². The third-order valence-corrected chi connectivity index (χ3v) is 4.84. The van der Waals surface area contributed by atoms with Crippen LogP contribution in [0.5, 0.6) is 0 Å². The molecule has 0 bridgehead atoms. The number of benzene rings is 1. The van der Waals surface area contributed by atoms with Crippen LogP contribution < -0.4 is 10.4 Å². The van der Waals surface area contributed by atoms with Crippen molar-refractivity contribution < 1.29 is 0 Å². The summed E-state index contributed by atoms with van der Waals surface area (Å²) in [4.78, 5) is 14.3. The fraction of sp³-hybridized carbons (Fsp3) is 0.444. The molecule has 24 heavy (non-hydrogen) atoms. The van der Waals surface area contributed by atoms with Gasteiger partial charge < -0.3 is 15.6 Å². The van der Waals surface area contributed by atoms with E-state index in [2.05, 4.69) is 16.8 Å². The number of aromatic nitrogens is 2. The fourth-order valence-electron chi connectivity index (χ4n) is 3.57. The van der Waals surface area contributed by atoms with Gasteiger partial charge in [-0.2, -0.15) is 0 Å². The smallest absolute Gasteiger partial charge is 0.226 e. The highest BCUT2D eigenvalue weighted by atomic mass is 16.5. The first kappa shape index (κ1) is 15.4. The predicted molar refractivity (Wildman–Crippen MR) is 95.7 cm³/mol. The second kappa shape index (κ2) is 6.37. The van der Waals surface area contributed by atoms with E-state index in [1.54, 1.807) is 12.1 Å². The van der Waals surface area contributed by atoms with E-state index < -0.39 is 0 Å². The van der Waals surface area contributed by atoms with Gasteiger partial charge in [0.05, 0.1) is 11.4 Å². The standard InChI is InChI=1S/C18H22N5O/c1-22-11-15-16(12-22)19-18(23-9-3-2-4-10-23)20-17(15)13-5-7-14(21-24)8-6-13/h5-8,21H,2-4,9-12H2,1H3/q-1. The summed E-state index contributed by atoms with van der Waals surface area (Å²) in [6.45, 7) is 3.80. The molecule has 0 unspecified atom stereocenters. The first-order valence-electron chi connectivity index (χ1n) is 8.56. The molecule has 6 heteroatoms. The summed E-state index contributed by atoms with van der Waals surface area (Å²) in [5, 5.41) is 10.8. The van der Waals surface area contributed by atoms with Gasteiger partial charge in [-0.25, -0.2) is 9.97 Å². The molecule has 0 amide bonds. The predicted octanol–water partition coefficient (Wildman–Crippen LogP) is 2.99. The number of nitrogens with zero attached hydrogens (tertiary/aromatic N) is 4. The maximum atomic E-state index is 10.8. The van der Waals surface area contributed by atoms with Crippen LogP contribution >= 0.6 is 0 Å². The molecular weight excluding hydrogens is 302 g/mol. The van der Waals surface area contributed by atoms with Crippen molar-refractivity contribution >= 4 is 11.6 Å². The van der Waals surface area contributed by atoms with Gasteiger partial charge in [-0.1, -0.05) is 12.1 Å². The molecule has 1 N–H and O–H groups in total. The highest BCUT2D eigenvalue weighted by Crippen LogP contribution is 2.32. The molecule has 1 saturated heterocycles. The lowest BCUT2D eigenvalue weighted by Gasteiger charge is -2.27. The Morgan fingerprint density at radius 1 is 1.00 bits per heavy atom. The Labute approximate surface area is 142 Å². The summed E-state index contributed by atoms with van der Waals surface area (Å²) in [5.41, 5.74) is 6.88. The van der Waals surface area contributed by atoms with Gasteiger partial charge in [0.25, 0.3) is 0 Å². The van der Waals surface area contributed by atoms with Crippen molar-refractivity contribution in [2.24, 2.45) is 0 Å². The van der Waals surface area contributed by atoms with E-state index in [1.807, 2.05) is 17.6 Å². The maximum Gasteiger partial charge on any atom is 0.226 e. The van der Waals surface area contributed by atoms with Crippen LogP contribution in [0.25, 0.3) is 11.3 Å². The second-order valence-corrected chi connectivity index (χ2v) is 6.70. The van der Waals surface area contributed by atoms with Crippen molar-refractivity contribution in [1.82, 2.24) is 14.9 Å². The lowest BCUT2D eigenvalue weighted by molar-refractivity contribution is 0.351. The number of anilines is 2. The zero-order chi connectivity index (χ0) is 16.5. The van der Waals surface area contributed by atoms with E-state index in [9.17, 15) is 5.21 Å². The topological polar surface area (TPSA) is 67.4 Å². The third kappa shape index (κ3) is 2.83. The molecule has 0 saturated carbocycles. The average Bonchev–Trinajstić information content (AvgIpc) is 3.02. The van der Waals surface area contributed by atoms with Crippen LogP contribution in [0.2, 0.25) is 0 Å². The fourth-order valence-corrected chi connectivity index (χ4v) is 3.57. The summed E-state index contributed by atoms with van der Waals surface area (Å²) in [5.74, 6) is 0.852. The molecule has 126 valence electrons. The van der Waals surface area contributed by atoms with E-state index in [-0.39, 0.29) is 0 Å². The van der Waals surface area contributed by atoms with Gasteiger partial charge in [0.15, 0.2) is 0 Å². The monoisotopic (exact) mass is 324 g/mol. The van der Waals surface area contributed by atoms with Gasteiger partial charge in [-0.3, -0.25) is 4.90 Å². The molecule has 1 aromatic carbocycles. The van der Waals surface area contributed by atoms with Gasteiger partial charge in [0, 0.05) is 43.0 Å². The van der Waals surface area contributed by atoms with E-state index in [4.69, 9.17) is 9.97 Å². The van der Waals surface area contributed by atoms with Crippen molar-refractivity contribution in [1.29, 1.82) is 0 Å². The third-order valence-electron chi connectivity index (χ3n) is 4.84. The Kier molecular flexibility index (Phi) is 4.08. The van der Waals surface area contributed by atoms with E-state index in [0.29, 0.717) is 5.69 Å². The summed E-state index contributed by atoms with van der Waals surface area (Å²) >= 11 is 0. The lowest BCUT2D eigenvalue weighted by atomic mass is 10.1. The van der Waals surface area contributed by atoms with Crippen molar-refractivity contribution in [3.8, 4) is 11.3 Å². The average molecular weight is 324 g/mol. The summed E-state index contributed by atoms with van der Waals surface area (Å²) in [6, 6.07) is 7.52. The first-order chi connectivity index (χ1) is 11.7. The van der Waals surface area contributed by atoms with E-state index >= 15 is 0 Å². The maximum absolute atomic E-state index is 10.8. The molecule has 1 aromatic heterocycles. The number of nitrogens with one attached hydrogen (secondary N) is 1. The Bertz CT molecular complexity index is 725. The molecule has 2 aromatic rings. The van der Waals surface area contributed by atoms with Crippen molar-refractivity contribution in [2.45, 2.75) is 32.4 Å². The molecular formula is C18H22N5O-. The number of rotatable bonds is 3. The van der Waals surface area contributed by atoms with Crippen LogP contribution in [0.3, 0.4) is 0 Å². The van der Waals surface area contributed by atoms with Gasteiger partial charge in [-0.05, 0) is 38.4 Å². The zero-order valence-corrected chi connectivity index (χ0v) is 14.0. The summed E-state index contributed by atoms with van der Waals surface area (Å²) in [6.07, 6.45) is 3.71. The molecule has 2 aliphatic rings. The second-order valence-electron chi connectivity index (χ2n) is 6.70.